The normalized spacial score (nSPS) is 14.8. The number of nitrogens with zero attached hydrogens (tertiary/aromatic N) is 1. The molecule has 6 heteroatoms. The number of amides is 1. The van der Waals surface area contributed by atoms with Crippen molar-refractivity contribution in [3.05, 3.63) is 82.9 Å². The lowest BCUT2D eigenvalue weighted by atomic mass is 9.91. The Balaban J connectivity index is 1.70. The Hall–Kier alpha value is -3.67. The number of para-hydroxylation sites is 1. The number of carbonyl (C=O) groups excluding carboxylic acids is 1. The van der Waals surface area contributed by atoms with E-state index in [0.29, 0.717) is 42.4 Å². The molecule has 1 heterocycles. The zero-order valence-electron chi connectivity index (χ0n) is 20.2. The quantitative estimate of drug-likeness (QED) is 0.468. The van der Waals surface area contributed by atoms with Gasteiger partial charge in [0.15, 0.2) is 11.5 Å². The molecule has 1 atom stereocenters. The van der Waals surface area contributed by atoms with Gasteiger partial charge in [0.25, 0.3) is 5.91 Å². The van der Waals surface area contributed by atoms with Crippen LogP contribution in [-0.2, 0) is 12.8 Å². The van der Waals surface area contributed by atoms with E-state index in [1.807, 2.05) is 41.3 Å². The Bertz CT molecular complexity index is 1140. The summed E-state index contributed by atoms with van der Waals surface area (Å²) >= 11 is 0. The van der Waals surface area contributed by atoms with Crippen molar-refractivity contribution in [3.8, 4) is 23.0 Å². The fourth-order valence-corrected chi connectivity index (χ4v) is 4.42. The number of benzene rings is 3. The summed E-state index contributed by atoms with van der Waals surface area (Å²) in [5.74, 6) is 2.55. The molecule has 0 N–H and O–H groups in total. The second-order valence-electron chi connectivity index (χ2n) is 8.18. The van der Waals surface area contributed by atoms with E-state index < -0.39 is 0 Å². The number of hydrogen-bond donors (Lipinski definition) is 0. The monoisotopic (exact) mass is 461 g/mol. The minimum Gasteiger partial charge on any atom is -0.496 e. The van der Waals surface area contributed by atoms with E-state index >= 15 is 0 Å². The van der Waals surface area contributed by atoms with Gasteiger partial charge in [-0.1, -0.05) is 31.2 Å². The largest absolute Gasteiger partial charge is 0.496 e. The van der Waals surface area contributed by atoms with Crippen LogP contribution in [0.1, 0.15) is 40.0 Å². The van der Waals surface area contributed by atoms with Gasteiger partial charge in [0.05, 0.1) is 32.9 Å². The number of methoxy groups -OCH3 is 3. The smallest absolute Gasteiger partial charge is 0.258 e. The van der Waals surface area contributed by atoms with Gasteiger partial charge in [0.1, 0.15) is 18.1 Å². The summed E-state index contributed by atoms with van der Waals surface area (Å²) in [5, 5.41) is 0. The van der Waals surface area contributed by atoms with Gasteiger partial charge in [-0.25, -0.2) is 0 Å². The summed E-state index contributed by atoms with van der Waals surface area (Å²) < 4.78 is 22.7. The van der Waals surface area contributed by atoms with Crippen LogP contribution in [0.2, 0.25) is 0 Å². The van der Waals surface area contributed by atoms with Gasteiger partial charge in [-0.05, 0) is 65.9 Å². The average Bonchev–Trinajstić information content (AvgIpc) is 2.90. The number of carbonyl (C=O) groups is 1. The van der Waals surface area contributed by atoms with Crippen LogP contribution in [0.3, 0.4) is 0 Å². The minimum atomic E-state index is -0.299. The van der Waals surface area contributed by atoms with Gasteiger partial charge >= 0.3 is 0 Å². The fraction of sp³-hybridized carbons (Fsp3) is 0.321. The lowest BCUT2D eigenvalue weighted by Gasteiger charge is -2.38. The first-order valence-corrected chi connectivity index (χ1v) is 11.5. The number of hydrogen-bond acceptors (Lipinski definition) is 5. The van der Waals surface area contributed by atoms with Gasteiger partial charge < -0.3 is 23.8 Å². The lowest BCUT2D eigenvalue weighted by Crippen LogP contribution is -2.42. The first-order valence-electron chi connectivity index (χ1n) is 11.5. The van der Waals surface area contributed by atoms with Crippen molar-refractivity contribution in [1.29, 1.82) is 0 Å². The van der Waals surface area contributed by atoms with Crippen molar-refractivity contribution < 1.29 is 23.7 Å². The number of ether oxygens (including phenoxy) is 4. The average molecular weight is 462 g/mol. The molecule has 0 bridgehead atoms. The van der Waals surface area contributed by atoms with Gasteiger partial charge in [-0.3, -0.25) is 4.79 Å². The molecule has 0 unspecified atom stereocenters. The maximum Gasteiger partial charge on any atom is 0.258 e. The molecule has 4 rings (SSSR count). The van der Waals surface area contributed by atoms with Crippen LogP contribution in [0.25, 0.3) is 0 Å². The number of fused-ring (bicyclic) bond motifs is 1. The Labute approximate surface area is 201 Å². The Kier molecular flexibility index (Phi) is 7.26. The van der Waals surface area contributed by atoms with Gasteiger partial charge in [0, 0.05) is 6.54 Å². The maximum absolute atomic E-state index is 13.7. The molecular weight excluding hydrogens is 430 g/mol. The summed E-state index contributed by atoms with van der Waals surface area (Å²) in [6, 6.07) is 19.1. The van der Waals surface area contributed by atoms with Crippen LogP contribution in [0.15, 0.2) is 60.7 Å². The third kappa shape index (κ3) is 4.67. The molecule has 6 nitrogen and oxygen atoms in total. The van der Waals surface area contributed by atoms with Crippen LogP contribution in [0.4, 0.5) is 0 Å². The summed E-state index contributed by atoms with van der Waals surface area (Å²) in [7, 11) is 4.83. The summed E-state index contributed by atoms with van der Waals surface area (Å²) in [4.78, 5) is 15.6. The van der Waals surface area contributed by atoms with Crippen LogP contribution in [0.5, 0.6) is 23.0 Å². The van der Waals surface area contributed by atoms with Gasteiger partial charge in [-0.15, -0.1) is 0 Å². The van der Waals surface area contributed by atoms with E-state index in [4.69, 9.17) is 18.9 Å². The lowest BCUT2D eigenvalue weighted by molar-refractivity contribution is 0.0586. The van der Waals surface area contributed by atoms with Crippen molar-refractivity contribution in [3.63, 3.8) is 0 Å². The zero-order valence-corrected chi connectivity index (χ0v) is 20.2. The molecule has 1 amide bonds. The molecule has 0 aromatic heterocycles. The van der Waals surface area contributed by atoms with Crippen molar-refractivity contribution >= 4 is 5.91 Å². The molecular formula is C28H31NO5. The molecule has 3 aromatic carbocycles. The molecule has 1 aliphatic heterocycles. The molecule has 0 radical (unpaired) electrons. The minimum absolute atomic E-state index is 0.0900. The highest BCUT2D eigenvalue weighted by atomic mass is 16.5. The first-order chi connectivity index (χ1) is 16.6. The number of rotatable bonds is 8. The molecule has 0 saturated carbocycles. The third-order valence-electron chi connectivity index (χ3n) is 6.34. The molecule has 0 spiro atoms. The Morgan fingerprint density at radius 2 is 1.59 bits per heavy atom. The molecule has 178 valence electrons. The van der Waals surface area contributed by atoms with Gasteiger partial charge in [0.2, 0.25) is 0 Å². The van der Waals surface area contributed by atoms with E-state index in [1.54, 1.807) is 33.5 Å². The van der Waals surface area contributed by atoms with Crippen molar-refractivity contribution in [2.45, 2.75) is 25.8 Å². The topological polar surface area (TPSA) is 57.2 Å². The zero-order chi connectivity index (χ0) is 24.1. The standard InChI is InChI=1S/C28H31NO5/c1-5-19-10-12-21(13-11-19)34-18-24-23-17-27(33-4)26(32-3)16-20(23)14-15-29(24)28(30)22-8-6-7-9-25(22)31-2/h6-13,16-17,24H,5,14-15,18H2,1-4H3/t24-/m0/s1. The van der Waals surface area contributed by atoms with Crippen LogP contribution < -0.4 is 18.9 Å². The summed E-state index contributed by atoms with van der Waals surface area (Å²) in [5.41, 5.74) is 3.90. The van der Waals surface area contributed by atoms with Gasteiger partial charge in [-0.2, -0.15) is 0 Å². The Morgan fingerprint density at radius 3 is 2.26 bits per heavy atom. The maximum atomic E-state index is 13.7. The molecule has 3 aromatic rings. The molecule has 0 aliphatic carbocycles. The van der Waals surface area contributed by atoms with Crippen LogP contribution in [-0.4, -0.2) is 45.3 Å². The van der Waals surface area contributed by atoms with E-state index in [0.717, 1.165) is 23.3 Å². The third-order valence-corrected chi connectivity index (χ3v) is 6.34. The highest BCUT2D eigenvalue weighted by Gasteiger charge is 2.34. The Morgan fingerprint density at radius 1 is 0.912 bits per heavy atom. The molecule has 0 saturated heterocycles. The fourth-order valence-electron chi connectivity index (χ4n) is 4.42. The molecule has 1 aliphatic rings. The van der Waals surface area contributed by atoms with Crippen LogP contribution in [0, 0.1) is 0 Å². The number of aryl methyl sites for hydroxylation is 1. The van der Waals surface area contributed by atoms with E-state index in [9.17, 15) is 4.79 Å². The van der Waals surface area contributed by atoms with Crippen molar-refractivity contribution in [1.82, 2.24) is 4.90 Å². The predicted octanol–water partition coefficient (Wildman–Crippen LogP) is 5.09. The summed E-state index contributed by atoms with van der Waals surface area (Å²) in [6.45, 7) is 2.99. The molecule has 34 heavy (non-hydrogen) atoms. The van der Waals surface area contributed by atoms with E-state index in [-0.39, 0.29) is 11.9 Å². The SMILES string of the molecule is CCc1ccc(OC[C@H]2c3cc(OC)c(OC)cc3CCN2C(=O)c2ccccc2OC)cc1. The van der Waals surface area contributed by atoms with Crippen LogP contribution >= 0.6 is 0 Å². The van der Waals surface area contributed by atoms with E-state index in [1.165, 1.54) is 5.56 Å². The second kappa shape index (κ2) is 10.5. The summed E-state index contributed by atoms with van der Waals surface area (Å²) in [6.07, 6.45) is 1.68. The highest BCUT2D eigenvalue weighted by molar-refractivity contribution is 5.97. The van der Waals surface area contributed by atoms with E-state index in [2.05, 4.69) is 19.1 Å². The second-order valence-corrected chi connectivity index (χ2v) is 8.18. The highest BCUT2D eigenvalue weighted by Crippen LogP contribution is 2.39. The predicted molar refractivity (Wildman–Crippen MR) is 131 cm³/mol. The van der Waals surface area contributed by atoms with Crippen molar-refractivity contribution in [2.75, 3.05) is 34.5 Å². The molecule has 0 fully saturated rings. The first kappa shape index (κ1) is 23.5. The van der Waals surface area contributed by atoms with Crippen molar-refractivity contribution in [2.24, 2.45) is 0 Å².